The highest BCUT2D eigenvalue weighted by atomic mass is 16.5. The Labute approximate surface area is 113 Å². The van der Waals surface area contributed by atoms with Crippen molar-refractivity contribution in [2.75, 3.05) is 7.05 Å². The number of aryl methyl sites for hydroxylation is 1. The minimum Gasteiger partial charge on any atom is -0.489 e. The van der Waals surface area contributed by atoms with Gasteiger partial charge in [-0.25, -0.2) is 0 Å². The van der Waals surface area contributed by atoms with Crippen LogP contribution in [0.5, 0.6) is 5.75 Å². The molecule has 0 aliphatic rings. The van der Waals surface area contributed by atoms with E-state index >= 15 is 0 Å². The molecule has 1 N–H and O–H groups in total. The summed E-state index contributed by atoms with van der Waals surface area (Å²) in [6.45, 7) is 5.96. The SMILES string of the molecule is CNC(c1cncc(OC(C)C)c1)c1ccoc1C. The molecule has 4 nitrogen and oxygen atoms in total. The first-order chi connectivity index (χ1) is 9.11. The summed E-state index contributed by atoms with van der Waals surface area (Å²) in [4.78, 5) is 4.25. The molecule has 0 aromatic carbocycles. The monoisotopic (exact) mass is 260 g/mol. The summed E-state index contributed by atoms with van der Waals surface area (Å²) in [5.74, 6) is 1.70. The van der Waals surface area contributed by atoms with Crippen molar-refractivity contribution in [1.29, 1.82) is 0 Å². The fourth-order valence-electron chi connectivity index (χ4n) is 2.13. The first-order valence-electron chi connectivity index (χ1n) is 6.44. The van der Waals surface area contributed by atoms with Crippen LogP contribution in [0, 0.1) is 6.92 Å². The lowest BCUT2D eigenvalue weighted by atomic mass is 10.0. The van der Waals surface area contributed by atoms with E-state index in [0.717, 1.165) is 22.6 Å². The van der Waals surface area contributed by atoms with E-state index in [-0.39, 0.29) is 12.1 Å². The van der Waals surface area contributed by atoms with Gasteiger partial charge in [0.2, 0.25) is 0 Å². The predicted octanol–water partition coefficient (Wildman–Crippen LogP) is 3.08. The Morgan fingerprint density at radius 3 is 2.68 bits per heavy atom. The summed E-state index contributed by atoms with van der Waals surface area (Å²) in [5, 5.41) is 3.29. The second-order valence-corrected chi connectivity index (χ2v) is 4.77. The number of pyridine rings is 1. The van der Waals surface area contributed by atoms with Gasteiger partial charge in [-0.2, -0.15) is 0 Å². The summed E-state index contributed by atoms with van der Waals surface area (Å²) >= 11 is 0. The van der Waals surface area contributed by atoms with Gasteiger partial charge < -0.3 is 14.5 Å². The van der Waals surface area contributed by atoms with Crippen molar-refractivity contribution >= 4 is 0 Å². The van der Waals surface area contributed by atoms with Crippen LogP contribution in [-0.4, -0.2) is 18.1 Å². The fourth-order valence-corrected chi connectivity index (χ4v) is 2.13. The summed E-state index contributed by atoms with van der Waals surface area (Å²) in [6, 6.07) is 4.05. The molecule has 0 aliphatic carbocycles. The van der Waals surface area contributed by atoms with Gasteiger partial charge in [-0.1, -0.05) is 0 Å². The molecule has 0 spiro atoms. The molecule has 0 amide bonds. The first-order valence-corrected chi connectivity index (χ1v) is 6.44. The van der Waals surface area contributed by atoms with E-state index < -0.39 is 0 Å². The molecule has 1 atom stereocenters. The normalized spacial score (nSPS) is 12.7. The number of hydrogen-bond donors (Lipinski definition) is 1. The molecule has 0 saturated heterocycles. The van der Waals surface area contributed by atoms with E-state index in [4.69, 9.17) is 9.15 Å². The van der Waals surface area contributed by atoms with Crippen molar-refractivity contribution in [2.45, 2.75) is 32.9 Å². The minimum absolute atomic E-state index is 0.0574. The molecule has 2 rings (SSSR count). The lowest BCUT2D eigenvalue weighted by Gasteiger charge is -2.17. The molecule has 0 bridgehead atoms. The molecule has 0 fully saturated rings. The Morgan fingerprint density at radius 1 is 1.32 bits per heavy atom. The lowest BCUT2D eigenvalue weighted by molar-refractivity contribution is 0.241. The van der Waals surface area contributed by atoms with E-state index in [1.54, 1.807) is 12.5 Å². The van der Waals surface area contributed by atoms with E-state index in [2.05, 4.69) is 10.3 Å². The highest BCUT2D eigenvalue weighted by Crippen LogP contribution is 2.27. The van der Waals surface area contributed by atoms with Crippen LogP contribution in [0.3, 0.4) is 0 Å². The third-order valence-electron chi connectivity index (χ3n) is 2.94. The topological polar surface area (TPSA) is 47.3 Å². The Balaban J connectivity index is 2.31. The largest absolute Gasteiger partial charge is 0.489 e. The highest BCUT2D eigenvalue weighted by molar-refractivity contribution is 5.35. The van der Waals surface area contributed by atoms with Crippen molar-refractivity contribution in [3.63, 3.8) is 0 Å². The fraction of sp³-hybridized carbons (Fsp3) is 0.400. The molecule has 4 heteroatoms. The quantitative estimate of drug-likeness (QED) is 0.897. The minimum atomic E-state index is 0.0574. The van der Waals surface area contributed by atoms with Crippen LogP contribution in [0.1, 0.15) is 36.8 Å². The molecule has 0 aliphatic heterocycles. The van der Waals surface area contributed by atoms with Gasteiger partial charge in [0.15, 0.2) is 0 Å². The molecule has 0 radical (unpaired) electrons. The number of furan rings is 1. The van der Waals surface area contributed by atoms with Crippen LogP contribution in [0.15, 0.2) is 35.2 Å². The molecule has 2 aromatic rings. The zero-order chi connectivity index (χ0) is 13.8. The molecule has 1 unspecified atom stereocenters. The van der Waals surface area contributed by atoms with Gasteiger partial charge in [-0.05, 0) is 45.5 Å². The van der Waals surface area contributed by atoms with E-state index in [9.17, 15) is 0 Å². The highest BCUT2D eigenvalue weighted by Gasteiger charge is 2.17. The van der Waals surface area contributed by atoms with Gasteiger partial charge in [0.1, 0.15) is 11.5 Å². The van der Waals surface area contributed by atoms with Gasteiger partial charge in [0.05, 0.1) is 24.6 Å². The number of nitrogens with one attached hydrogen (secondary N) is 1. The number of ether oxygens (including phenoxy) is 1. The average Bonchev–Trinajstić information content (AvgIpc) is 2.77. The van der Waals surface area contributed by atoms with Crippen LogP contribution in [0.2, 0.25) is 0 Å². The van der Waals surface area contributed by atoms with E-state index in [1.165, 1.54) is 0 Å². The van der Waals surface area contributed by atoms with Crippen molar-refractivity contribution in [3.05, 3.63) is 47.7 Å². The summed E-state index contributed by atoms with van der Waals surface area (Å²) in [5.41, 5.74) is 2.18. The Bertz CT molecular complexity index is 534. The van der Waals surface area contributed by atoms with Crippen LogP contribution in [0.25, 0.3) is 0 Å². The second kappa shape index (κ2) is 5.89. The maximum Gasteiger partial charge on any atom is 0.138 e. The Kier molecular flexibility index (Phi) is 4.22. The molecule has 2 aromatic heterocycles. The van der Waals surface area contributed by atoms with Crippen molar-refractivity contribution < 1.29 is 9.15 Å². The molecule has 19 heavy (non-hydrogen) atoms. The number of nitrogens with zero attached hydrogens (tertiary/aromatic N) is 1. The third-order valence-corrected chi connectivity index (χ3v) is 2.94. The lowest BCUT2D eigenvalue weighted by Crippen LogP contribution is -2.18. The Morgan fingerprint density at radius 2 is 2.11 bits per heavy atom. The zero-order valence-electron chi connectivity index (χ0n) is 11.8. The van der Waals surface area contributed by atoms with Gasteiger partial charge in [-0.15, -0.1) is 0 Å². The van der Waals surface area contributed by atoms with Gasteiger partial charge in [0, 0.05) is 11.8 Å². The number of rotatable bonds is 5. The average molecular weight is 260 g/mol. The maximum atomic E-state index is 5.68. The second-order valence-electron chi connectivity index (χ2n) is 4.77. The molecule has 2 heterocycles. The van der Waals surface area contributed by atoms with Crippen molar-refractivity contribution in [2.24, 2.45) is 0 Å². The molecular formula is C15H20N2O2. The standard InChI is InChI=1S/C15H20N2O2/c1-10(2)19-13-7-12(8-17-9-13)15(16-4)14-5-6-18-11(14)3/h5-10,15-16H,1-4H3. The van der Waals surface area contributed by atoms with Crippen LogP contribution in [0.4, 0.5) is 0 Å². The number of aromatic nitrogens is 1. The maximum absolute atomic E-state index is 5.68. The van der Waals surface area contributed by atoms with Crippen LogP contribution < -0.4 is 10.1 Å². The third kappa shape index (κ3) is 3.15. The summed E-state index contributed by atoms with van der Waals surface area (Å²) in [6.07, 6.45) is 5.43. The van der Waals surface area contributed by atoms with Gasteiger partial charge in [0.25, 0.3) is 0 Å². The number of hydrogen-bond acceptors (Lipinski definition) is 4. The van der Waals surface area contributed by atoms with E-state index in [0.29, 0.717) is 0 Å². The van der Waals surface area contributed by atoms with Crippen molar-refractivity contribution in [1.82, 2.24) is 10.3 Å². The molecule has 0 saturated carbocycles. The van der Waals surface area contributed by atoms with E-state index in [1.807, 2.05) is 46.1 Å². The van der Waals surface area contributed by atoms with Crippen LogP contribution >= 0.6 is 0 Å². The summed E-state index contributed by atoms with van der Waals surface area (Å²) < 4.78 is 11.1. The summed E-state index contributed by atoms with van der Waals surface area (Å²) in [7, 11) is 1.92. The van der Waals surface area contributed by atoms with Crippen molar-refractivity contribution in [3.8, 4) is 5.75 Å². The predicted molar refractivity (Wildman–Crippen MR) is 74.3 cm³/mol. The van der Waals surface area contributed by atoms with Crippen LogP contribution in [-0.2, 0) is 0 Å². The zero-order valence-corrected chi connectivity index (χ0v) is 11.8. The Hall–Kier alpha value is -1.81. The first kappa shape index (κ1) is 13.6. The smallest absolute Gasteiger partial charge is 0.138 e. The molecular weight excluding hydrogens is 240 g/mol. The molecule has 102 valence electrons. The van der Waals surface area contributed by atoms with Gasteiger partial charge in [-0.3, -0.25) is 4.98 Å². The van der Waals surface area contributed by atoms with Gasteiger partial charge >= 0.3 is 0 Å².